The van der Waals surface area contributed by atoms with Crippen LogP contribution in [0.4, 0.5) is 5.69 Å². The summed E-state index contributed by atoms with van der Waals surface area (Å²) in [7, 11) is -0.687. The van der Waals surface area contributed by atoms with E-state index < -0.39 is 16.1 Å². The lowest BCUT2D eigenvalue weighted by Crippen LogP contribution is -2.28. The molecule has 0 aliphatic carbocycles. The van der Waals surface area contributed by atoms with Crippen molar-refractivity contribution >= 4 is 43.2 Å². The number of carbonyl (C=O) groups is 1. The summed E-state index contributed by atoms with van der Waals surface area (Å²) in [6, 6.07) is 8.73. The van der Waals surface area contributed by atoms with E-state index in [0.717, 1.165) is 25.5 Å². The second-order valence-corrected chi connectivity index (χ2v) is 8.51. The predicted molar refractivity (Wildman–Crippen MR) is 99.8 cm³/mol. The largest absolute Gasteiger partial charge is 0.365 e. The van der Waals surface area contributed by atoms with Crippen LogP contribution in [0.5, 0.6) is 0 Å². The lowest BCUT2D eigenvalue weighted by atomic mass is 10.0. The van der Waals surface area contributed by atoms with Gasteiger partial charge in [-0.3, -0.25) is 14.5 Å². The summed E-state index contributed by atoms with van der Waals surface area (Å²) in [5.41, 5.74) is 7.38. The fourth-order valence-corrected chi connectivity index (χ4v) is 3.82. The Morgan fingerprint density at radius 3 is 2.68 bits per heavy atom. The number of rotatable bonds is 5. The second-order valence-electron chi connectivity index (χ2n) is 5.54. The predicted octanol–water partition coefficient (Wildman–Crippen LogP) is 2.28. The summed E-state index contributed by atoms with van der Waals surface area (Å²) in [5, 5.41) is 0.849. The van der Waals surface area contributed by atoms with Crippen molar-refractivity contribution in [1.82, 2.24) is 9.29 Å². The zero-order chi connectivity index (χ0) is 18.2. The fourth-order valence-electron chi connectivity index (χ4n) is 2.30. The number of thiophene rings is 1. The molecule has 0 saturated carbocycles. The average Bonchev–Trinajstić information content (AvgIpc) is 2.99. The normalized spacial score (nSPS) is 11.8. The van der Waals surface area contributed by atoms with Gasteiger partial charge in [0, 0.05) is 37.4 Å². The molecule has 2 aromatic heterocycles. The van der Waals surface area contributed by atoms with Gasteiger partial charge >= 0.3 is 10.2 Å². The highest BCUT2D eigenvalue weighted by Crippen LogP contribution is 2.34. The lowest BCUT2D eigenvalue weighted by molar-refractivity contribution is 0.100. The first-order valence-corrected chi connectivity index (χ1v) is 9.51. The van der Waals surface area contributed by atoms with Gasteiger partial charge in [-0.05, 0) is 23.8 Å². The maximum Gasteiger partial charge on any atom is 0.301 e. The Morgan fingerprint density at radius 1 is 1.24 bits per heavy atom. The molecule has 3 N–H and O–H groups in total. The number of carbonyl (C=O) groups excluding carboxylic acids is 1. The molecule has 7 nitrogen and oxygen atoms in total. The van der Waals surface area contributed by atoms with Crippen LogP contribution in [0.2, 0.25) is 0 Å². The molecule has 0 saturated heterocycles. The minimum Gasteiger partial charge on any atom is -0.365 e. The van der Waals surface area contributed by atoms with E-state index in [9.17, 15) is 13.2 Å². The van der Waals surface area contributed by atoms with E-state index in [-0.39, 0.29) is 0 Å². The summed E-state index contributed by atoms with van der Waals surface area (Å²) < 4.78 is 28.4. The molecule has 0 radical (unpaired) electrons. The van der Waals surface area contributed by atoms with E-state index >= 15 is 0 Å². The van der Waals surface area contributed by atoms with Gasteiger partial charge in [0.15, 0.2) is 0 Å². The molecule has 3 rings (SSSR count). The van der Waals surface area contributed by atoms with Crippen LogP contribution in [0.1, 0.15) is 9.67 Å². The molecule has 0 unspecified atom stereocenters. The summed E-state index contributed by atoms with van der Waals surface area (Å²) >= 11 is 1.28. The van der Waals surface area contributed by atoms with E-state index in [1.807, 2.05) is 6.07 Å². The highest BCUT2D eigenvalue weighted by molar-refractivity contribution is 7.90. The van der Waals surface area contributed by atoms with Crippen LogP contribution in [-0.2, 0) is 10.2 Å². The van der Waals surface area contributed by atoms with Crippen LogP contribution in [-0.4, -0.2) is 37.7 Å². The molecule has 25 heavy (non-hydrogen) atoms. The van der Waals surface area contributed by atoms with Gasteiger partial charge < -0.3 is 5.73 Å². The van der Waals surface area contributed by atoms with Crippen molar-refractivity contribution in [1.29, 1.82) is 0 Å². The molecule has 0 fully saturated rings. The fraction of sp³-hybridized carbons (Fsp3) is 0.125. The quantitative estimate of drug-likeness (QED) is 0.712. The van der Waals surface area contributed by atoms with E-state index in [1.165, 1.54) is 25.4 Å². The van der Waals surface area contributed by atoms with Crippen LogP contribution in [0, 0.1) is 0 Å². The van der Waals surface area contributed by atoms with Crippen LogP contribution < -0.4 is 10.5 Å². The van der Waals surface area contributed by atoms with Gasteiger partial charge in [0.1, 0.15) is 0 Å². The number of nitrogens with two attached hydrogens (primary N) is 1. The number of primary amides is 1. The topological polar surface area (TPSA) is 105 Å². The third-order valence-corrected chi connectivity index (χ3v) is 6.13. The van der Waals surface area contributed by atoms with Gasteiger partial charge in [0.05, 0.1) is 15.3 Å². The highest BCUT2D eigenvalue weighted by Gasteiger charge is 2.15. The smallest absolute Gasteiger partial charge is 0.301 e. The van der Waals surface area contributed by atoms with E-state index in [2.05, 4.69) is 9.71 Å². The van der Waals surface area contributed by atoms with Crippen molar-refractivity contribution in [3.63, 3.8) is 0 Å². The Labute approximate surface area is 149 Å². The van der Waals surface area contributed by atoms with E-state index in [1.54, 1.807) is 36.7 Å². The first-order valence-electron chi connectivity index (χ1n) is 7.26. The first-order chi connectivity index (χ1) is 11.8. The molecule has 130 valence electrons. The van der Waals surface area contributed by atoms with Gasteiger partial charge in [-0.2, -0.15) is 12.7 Å². The molecule has 0 spiro atoms. The Bertz CT molecular complexity index is 1060. The molecule has 0 bridgehead atoms. The Morgan fingerprint density at radius 2 is 2.00 bits per heavy atom. The zero-order valence-corrected chi connectivity index (χ0v) is 15.2. The standard InChI is InChI=1S/C16H16N4O3S2/c1-20(2)25(22,23)19-11-5-3-4-10(6-11)13-8-18-9-15-12(13)7-14(24-15)16(17)21/h3-9,19H,1-2H3,(H2,17,21). The number of aromatic nitrogens is 1. The molecule has 0 aliphatic heterocycles. The third-order valence-electron chi connectivity index (χ3n) is 3.59. The van der Waals surface area contributed by atoms with Crippen LogP contribution in [0.25, 0.3) is 21.2 Å². The van der Waals surface area contributed by atoms with Crippen molar-refractivity contribution in [2.75, 3.05) is 18.8 Å². The van der Waals surface area contributed by atoms with E-state index in [4.69, 9.17) is 5.73 Å². The number of fused-ring (bicyclic) bond motifs is 1. The molecule has 0 aliphatic rings. The number of hydrogen-bond donors (Lipinski definition) is 2. The number of nitrogens with one attached hydrogen (secondary N) is 1. The van der Waals surface area contributed by atoms with Crippen LogP contribution in [0.3, 0.4) is 0 Å². The van der Waals surface area contributed by atoms with Gasteiger partial charge in [-0.25, -0.2) is 0 Å². The average molecular weight is 376 g/mol. The van der Waals surface area contributed by atoms with Gasteiger partial charge in [0.2, 0.25) is 0 Å². The maximum absolute atomic E-state index is 12.0. The SMILES string of the molecule is CN(C)S(=O)(=O)Nc1cccc(-c2cncc3sc(C(N)=O)cc23)c1. The second kappa shape index (κ2) is 6.43. The minimum absolute atomic E-state index is 0.438. The van der Waals surface area contributed by atoms with Crippen molar-refractivity contribution in [3.8, 4) is 11.1 Å². The summed E-state index contributed by atoms with van der Waals surface area (Å²) in [4.78, 5) is 16.1. The monoisotopic (exact) mass is 376 g/mol. The Kier molecular flexibility index (Phi) is 4.46. The van der Waals surface area contributed by atoms with Crippen LogP contribution >= 0.6 is 11.3 Å². The van der Waals surface area contributed by atoms with Crippen molar-refractivity contribution < 1.29 is 13.2 Å². The molecule has 9 heteroatoms. The van der Waals surface area contributed by atoms with E-state index in [0.29, 0.717) is 10.6 Å². The number of benzene rings is 1. The number of nitrogens with zero attached hydrogens (tertiary/aromatic N) is 2. The minimum atomic E-state index is -3.59. The van der Waals surface area contributed by atoms with Gasteiger partial charge in [0.25, 0.3) is 5.91 Å². The number of anilines is 1. The zero-order valence-electron chi connectivity index (χ0n) is 13.6. The summed E-state index contributed by atoms with van der Waals surface area (Å²) in [6.07, 6.45) is 3.36. The molecular weight excluding hydrogens is 360 g/mol. The highest BCUT2D eigenvalue weighted by atomic mass is 32.2. The van der Waals surface area contributed by atoms with Crippen molar-refractivity contribution in [2.45, 2.75) is 0 Å². The molecule has 1 aromatic carbocycles. The first kappa shape index (κ1) is 17.3. The van der Waals surface area contributed by atoms with Crippen molar-refractivity contribution in [3.05, 3.63) is 47.6 Å². The van der Waals surface area contributed by atoms with Crippen molar-refractivity contribution in [2.24, 2.45) is 5.73 Å². The molecular formula is C16H16N4O3S2. The molecule has 2 heterocycles. The number of pyridine rings is 1. The Hall–Kier alpha value is -2.49. The van der Waals surface area contributed by atoms with Crippen LogP contribution in [0.15, 0.2) is 42.7 Å². The summed E-state index contributed by atoms with van der Waals surface area (Å²) in [6.45, 7) is 0. The Balaban J connectivity index is 2.07. The summed E-state index contributed by atoms with van der Waals surface area (Å²) in [5.74, 6) is -0.486. The number of hydrogen-bond acceptors (Lipinski definition) is 5. The van der Waals surface area contributed by atoms with Gasteiger partial charge in [-0.1, -0.05) is 12.1 Å². The molecule has 0 atom stereocenters. The number of amides is 1. The van der Waals surface area contributed by atoms with Gasteiger partial charge in [-0.15, -0.1) is 11.3 Å². The molecule has 1 amide bonds. The molecule has 3 aromatic rings. The lowest BCUT2D eigenvalue weighted by Gasteiger charge is -2.14. The maximum atomic E-state index is 12.0. The third kappa shape index (κ3) is 3.48.